The van der Waals surface area contributed by atoms with E-state index in [-0.39, 0.29) is 67.2 Å². The molecule has 0 N–H and O–H groups in total. The predicted octanol–water partition coefficient (Wildman–Crippen LogP) is 20.9. The quantitative estimate of drug-likeness (QED) is 0.113. The number of carbonyl (C=O) groups is 2. The lowest BCUT2D eigenvalue weighted by atomic mass is 9.61. The van der Waals surface area contributed by atoms with Crippen molar-refractivity contribution in [2.45, 2.75) is 298 Å². The largest absolute Gasteiger partial charge is 0.413 e. The van der Waals surface area contributed by atoms with E-state index in [0.717, 1.165) is 36.8 Å². The first-order valence-corrected chi connectivity index (χ1v) is 46.3. The van der Waals surface area contributed by atoms with Gasteiger partial charge < -0.3 is 27.5 Å². The highest BCUT2D eigenvalue weighted by Gasteiger charge is 2.53. The van der Waals surface area contributed by atoms with Crippen molar-refractivity contribution >= 4 is 45.1 Å². The second-order valence-corrected chi connectivity index (χ2v) is 54.6. The smallest absolute Gasteiger partial charge is 0.245 e. The second kappa shape index (κ2) is 28.7. The van der Waals surface area contributed by atoms with E-state index < -0.39 is 33.3 Å². The molecule has 0 unspecified atom stereocenters. The van der Waals surface area contributed by atoms with Gasteiger partial charge in [0.15, 0.2) is 33.3 Å². The third-order valence-corrected chi connectivity index (χ3v) is 42.8. The lowest BCUT2D eigenvalue weighted by Crippen LogP contribution is -2.49. The molecule has 8 nitrogen and oxygen atoms in total. The highest BCUT2D eigenvalue weighted by atomic mass is 28.4. The Morgan fingerprint density at radius 1 is 0.500 bits per heavy atom. The van der Waals surface area contributed by atoms with Crippen molar-refractivity contribution in [2.24, 2.45) is 46.3 Å². The van der Waals surface area contributed by atoms with Gasteiger partial charge in [0.05, 0.1) is 24.4 Å². The normalized spacial score (nSPS) is 31.5. The van der Waals surface area contributed by atoms with Crippen LogP contribution in [0.1, 0.15) is 201 Å². The Labute approximate surface area is 546 Å². The minimum atomic E-state index is -1.99. The van der Waals surface area contributed by atoms with Crippen LogP contribution in [0.4, 0.5) is 0 Å². The maximum Gasteiger partial charge on any atom is 0.245 e. The van der Waals surface area contributed by atoms with Crippen molar-refractivity contribution in [1.82, 2.24) is 9.80 Å². The Hall–Kier alpha value is -2.43. The Kier molecular flexibility index (Phi) is 24.8. The van der Waals surface area contributed by atoms with Crippen molar-refractivity contribution < 1.29 is 27.3 Å². The van der Waals surface area contributed by atoms with Gasteiger partial charge in [-0.2, -0.15) is 0 Å². The molecule has 6 aliphatic rings. The average molecular weight is 1280 g/mol. The fourth-order valence-corrected chi connectivity index (χ4v) is 20.2. The maximum absolute atomic E-state index is 12.2. The highest BCUT2D eigenvalue weighted by Crippen LogP contribution is 2.61. The van der Waals surface area contributed by atoms with Gasteiger partial charge in [0.1, 0.15) is 0 Å². The number of nitrogens with zero attached hydrogens (tertiary/aromatic N) is 2. The molecule has 6 rings (SSSR count). The molecule has 88 heavy (non-hydrogen) atoms. The van der Waals surface area contributed by atoms with Gasteiger partial charge in [-0.3, -0.25) is 9.59 Å². The summed E-state index contributed by atoms with van der Waals surface area (Å²) >= 11 is 0. The third kappa shape index (κ3) is 18.1. The summed E-state index contributed by atoms with van der Waals surface area (Å²) in [6, 6.07) is 0. The fourth-order valence-electron chi connectivity index (χ4n) is 14.9. The van der Waals surface area contributed by atoms with Crippen molar-refractivity contribution in [2.75, 3.05) is 28.2 Å². The first-order valence-electron chi connectivity index (χ1n) is 34.7. The molecule has 0 heterocycles. The first kappa shape index (κ1) is 76.3. The molecule has 2 amide bonds. The van der Waals surface area contributed by atoms with Crippen molar-refractivity contribution in [3.05, 3.63) is 95.2 Å². The molecule has 500 valence electrons. The average Bonchev–Trinajstić information content (AvgIpc) is 1.81. The summed E-state index contributed by atoms with van der Waals surface area (Å²) in [4.78, 5) is 27.8. The summed E-state index contributed by atoms with van der Waals surface area (Å²) in [5.74, 6) is 3.35. The zero-order valence-electron chi connectivity index (χ0n) is 62.0. The lowest BCUT2D eigenvalue weighted by molar-refractivity contribution is -0.124. The number of rotatable bonds is 16. The van der Waals surface area contributed by atoms with E-state index in [1.165, 1.54) is 75.4 Å². The van der Waals surface area contributed by atoms with Crippen LogP contribution in [0.3, 0.4) is 0 Å². The van der Waals surface area contributed by atoms with E-state index >= 15 is 0 Å². The van der Waals surface area contributed by atoms with Crippen molar-refractivity contribution in [1.29, 1.82) is 0 Å². The maximum atomic E-state index is 12.2. The summed E-state index contributed by atoms with van der Waals surface area (Å²) in [5, 5.41) is 0.621. The van der Waals surface area contributed by atoms with Crippen LogP contribution in [0.25, 0.3) is 0 Å². The Morgan fingerprint density at radius 2 is 0.795 bits per heavy atom. The molecule has 0 aromatic heterocycles. The van der Waals surface area contributed by atoms with Crippen LogP contribution in [0.15, 0.2) is 95.2 Å². The molecule has 0 spiro atoms. The fraction of sp³-hybridized carbons (Fsp3) is 0.763. The Balaban J connectivity index is 0.000000321. The summed E-state index contributed by atoms with van der Waals surface area (Å²) < 4.78 is 28.3. The number of likely N-dealkylation sites (N-methyl/N-ethyl adjacent to an activating group) is 2. The molecule has 12 heteroatoms. The molecule has 0 aromatic rings. The van der Waals surface area contributed by atoms with E-state index in [9.17, 15) is 9.59 Å². The molecule has 0 aromatic carbocycles. The molecule has 6 fully saturated rings. The molecule has 0 saturated heterocycles. The third-order valence-electron chi connectivity index (χ3n) is 24.8. The van der Waals surface area contributed by atoms with E-state index in [1.807, 2.05) is 28.2 Å². The first-order chi connectivity index (χ1) is 40.0. The Bertz CT molecular complexity index is 2480. The van der Waals surface area contributed by atoms with Gasteiger partial charge in [0, 0.05) is 41.0 Å². The SMILES string of the molecule is C=C1/C(=C/C=C2\CCC[C@]3(C)[C@@H]([C@H](C)/C=C/C(=O)N(C)C)CC[C@@H]23)C[C@@H](O[Si](C)(C)C(C)(C)C)C[C@@H]1O[Si](C)(C)C(C)(C)C.C=C1/C(=C\C=C2/CCC[C@]3(C)[C@@H]([C@H](C)/C=C/C(=O)N(C)C)CC[C@@H]23)C[C@@H](O[Si](C)(C)C(C)(C)C)C[C@@H]1O[Si](C)(C)C(C)(C)C. The number of carbonyl (C=O) groups excluding carboxylic acids is 2. The van der Waals surface area contributed by atoms with Crippen LogP contribution >= 0.6 is 0 Å². The summed E-state index contributed by atoms with van der Waals surface area (Å²) in [7, 11) is -0.564. The number of fused-ring (bicyclic) bond motifs is 2. The molecular weight excluding hydrogens is 1150 g/mol. The minimum absolute atomic E-state index is 0.00838. The highest BCUT2D eigenvalue weighted by molar-refractivity contribution is 6.75. The zero-order chi connectivity index (χ0) is 66.9. The van der Waals surface area contributed by atoms with Gasteiger partial charge in [-0.1, -0.05) is 172 Å². The van der Waals surface area contributed by atoms with Crippen LogP contribution in [0.2, 0.25) is 72.5 Å². The van der Waals surface area contributed by atoms with Gasteiger partial charge in [-0.15, -0.1) is 0 Å². The molecule has 0 aliphatic heterocycles. The van der Waals surface area contributed by atoms with Gasteiger partial charge in [-0.05, 0) is 230 Å². The van der Waals surface area contributed by atoms with Crippen molar-refractivity contribution in [3.8, 4) is 0 Å². The second-order valence-electron chi connectivity index (χ2n) is 35.6. The van der Waals surface area contributed by atoms with Gasteiger partial charge >= 0.3 is 0 Å². The topological polar surface area (TPSA) is 77.5 Å². The molecule has 6 saturated carbocycles. The molecule has 12 atom stereocenters. The van der Waals surface area contributed by atoms with E-state index in [4.69, 9.17) is 17.7 Å². The van der Waals surface area contributed by atoms with E-state index in [2.05, 4.69) is 213 Å². The number of hydrogen-bond donors (Lipinski definition) is 0. The molecule has 0 bridgehead atoms. The number of hydrogen-bond acceptors (Lipinski definition) is 6. The Morgan fingerprint density at radius 3 is 1.08 bits per heavy atom. The van der Waals surface area contributed by atoms with Crippen LogP contribution < -0.4 is 0 Å². The summed E-state index contributed by atoms with van der Waals surface area (Å²) in [6.07, 6.45) is 33.9. The van der Waals surface area contributed by atoms with Crippen LogP contribution in [-0.4, -0.2) is 107 Å². The van der Waals surface area contributed by atoms with E-state index in [1.54, 1.807) is 33.1 Å². The van der Waals surface area contributed by atoms with Gasteiger partial charge in [0.2, 0.25) is 11.8 Å². The summed E-state index contributed by atoms with van der Waals surface area (Å²) in [5.41, 5.74) is 8.72. The number of amides is 2. The van der Waals surface area contributed by atoms with Crippen LogP contribution in [0.5, 0.6) is 0 Å². The van der Waals surface area contributed by atoms with Crippen LogP contribution in [0, 0.1) is 46.3 Å². The standard InChI is InChI=1S/2C38H67NO3Si2/c2*1-27(18-23-35(40)39(10)11)32-21-22-33-29(17-16-24-38(32,33)9)19-20-30-25-31(41-43(12,13)36(3,4)5)26-34(28(30)2)42-44(14,15)37(6,7)8/h2*18-20,23,27,31-34H,2,16-17,21-22,24-26H2,1,3-15H3/b23-18+,29-19+,30-20+;23-18+,29-19+,30-20-/t2*27-,31-,32-,33+,34+,38-/m11/s1. The molecule has 0 radical (unpaired) electrons. The van der Waals surface area contributed by atoms with Gasteiger partial charge in [0.25, 0.3) is 0 Å². The van der Waals surface area contributed by atoms with Crippen molar-refractivity contribution in [3.63, 3.8) is 0 Å². The minimum Gasteiger partial charge on any atom is -0.413 e. The van der Waals surface area contributed by atoms with Gasteiger partial charge in [-0.25, -0.2) is 0 Å². The number of allylic oxidation sites excluding steroid dienone is 8. The monoisotopic (exact) mass is 1280 g/mol. The molecular formula is C76H134N2O6Si4. The van der Waals surface area contributed by atoms with E-state index in [0.29, 0.717) is 35.5 Å². The zero-order valence-corrected chi connectivity index (χ0v) is 66.0. The molecule has 6 aliphatic carbocycles. The van der Waals surface area contributed by atoms with Crippen LogP contribution in [-0.2, 0) is 27.3 Å². The predicted molar refractivity (Wildman–Crippen MR) is 388 cm³/mol. The lowest BCUT2D eigenvalue weighted by Gasteiger charge is -2.45. The summed E-state index contributed by atoms with van der Waals surface area (Å²) in [6.45, 7) is 65.8.